The number of ether oxygens (including phenoxy) is 5. The van der Waals surface area contributed by atoms with Gasteiger partial charge in [0.25, 0.3) is 0 Å². The Morgan fingerprint density at radius 2 is 1.62 bits per heavy atom. The van der Waals surface area contributed by atoms with Crippen molar-refractivity contribution in [3.05, 3.63) is 70.1 Å². The van der Waals surface area contributed by atoms with Crippen LogP contribution in [0.2, 0.25) is 0 Å². The molecule has 2 aliphatic rings. The van der Waals surface area contributed by atoms with Crippen molar-refractivity contribution in [2.75, 3.05) is 34.5 Å². The largest absolute Gasteiger partial charge is 0.504 e. The molecule has 9 nitrogen and oxygen atoms in total. The molecule has 2 aromatic rings. The Hall–Kier alpha value is -3.98. The summed E-state index contributed by atoms with van der Waals surface area (Å²) in [5.41, 5.74) is 3.82. The molecule has 0 saturated heterocycles. The molecule has 2 N–H and O–H groups in total. The lowest BCUT2D eigenvalue weighted by molar-refractivity contribution is -0.141. The number of ketones is 1. The molecule has 0 spiro atoms. The summed E-state index contributed by atoms with van der Waals surface area (Å²) in [5.74, 6) is 0.0360. The van der Waals surface area contributed by atoms with E-state index in [1.807, 2.05) is 32.0 Å². The topological polar surface area (TPSA) is 113 Å². The van der Waals surface area contributed by atoms with Crippen LogP contribution in [-0.4, -0.2) is 57.5 Å². The fraction of sp³-hybridized carbons (Fsp3) is 0.419. The number of allylic oxidation sites excluding steroid dienone is 3. The van der Waals surface area contributed by atoms with Gasteiger partial charge in [0, 0.05) is 29.3 Å². The highest BCUT2D eigenvalue weighted by atomic mass is 16.6. The van der Waals surface area contributed by atoms with E-state index in [2.05, 4.69) is 5.32 Å². The van der Waals surface area contributed by atoms with Crippen molar-refractivity contribution in [2.45, 2.75) is 51.6 Å². The third-order valence-electron chi connectivity index (χ3n) is 7.23. The maximum Gasteiger partial charge on any atom is 0.336 e. The van der Waals surface area contributed by atoms with Crippen molar-refractivity contribution < 1.29 is 38.4 Å². The Bertz CT molecular complexity index is 1340. The van der Waals surface area contributed by atoms with Crippen LogP contribution >= 0.6 is 0 Å². The van der Waals surface area contributed by atoms with Gasteiger partial charge in [-0.25, -0.2) is 4.79 Å². The quantitative estimate of drug-likeness (QED) is 0.319. The molecule has 2 aromatic carbocycles. The van der Waals surface area contributed by atoms with E-state index in [1.165, 1.54) is 13.2 Å². The number of carbonyl (C=O) groups is 2. The molecule has 4 rings (SSSR count). The molecule has 0 aromatic heterocycles. The Morgan fingerprint density at radius 3 is 2.30 bits per heavy atom. The van der Waals surface area contributed by atoms with Gasteiger partial charge in [0.15, 0.2) is 28.8 Å². The summed E-state index contributed by atoms with van der Waals surface area (Å²) in [7, 11) is 4.62. The predicted octanol–water partition coefficient (Wildman–Crippen LogP) is 4.75. The second kappa shape index (κ2) is 12.5. The first-order valence-corrected chi connectivity index (χ1v) is 13.3. The van der Waals surface area contributed by atoms with Gasteiger partial charge in [0.2, 0.25) is 0 Å². The molecular weight excluding hydrogens is 514 g/mol. The minimum absolute atomic E-state index is 0.0133. The smallest absolute Gasteiger partial charge is 0.336 e. The average molecular weight is 552 g/mol. The molecule has 214 valence electrons. The maximum absolute atomic E-state index is 13.9. The first kappa shape index (κ1) is 29.0. The molecular formula is C31H37NO8. The summed E-state index contributed by atoms with van der Waals surface area (Å²) >= 11 is 0. The second-order valence-electron chi connectivity index (χ2n) is 10.1. The number of phenols is 1. The van der Waals surface area contributed by atoms with Crippen molar-refractivity contribution in [1.29, 1.82) is 0 Å². The lowest BCUT2D eigenvalue weighted by atomic mass is 9.71. The van der Waals surface area contributed by atoms with Gasteiger partial charge in [-0.2, -0.15) is 0 Å². The van der Waals surface area contributed by atoms with E-state index in [1.54, 1.807) is 33.3 Å². The summed E-state index contributed by atoms with van der Waals surface area (Å²) < 4.78 is 27.3. The molecule has 0 bridgehead atoms. The minimum Gasteiger partial charge on any atom is -0.504 e. The normalized spacial score (nSPS) is 18.8. The highest BCUT2D eigenvalue weighted by Gasteiger charge is 2.41. The van der Waals surface area contributed by atoms with Crippen molar-refractivity contribution >= 4 is 11.8 Å². The number of phenolic OH excluding ortho intramolecular Hbond substituents is 1. The lowest BCUT2D eigenvalue weighted by Crippen LogP contribution is -2.36. The molecule has 0 amide bonds. The lowest BCUT2D eigenvalue weighted by Gasteiger charge is -2.37. The Kier molecular flexibility index (Phi) is 9.04. The third-order valence-corrected chi connectivity index (χ3v) is 7.23. The van der Waals surface area contributed by atoms with Gasteiger partial charge in [-0.1, -0.05) is 12.1 Å². The maximum atomic E-state index is 13.9. The first-order chi connectivity index (χ1) is 19.2. The number of methoxy groups -OCH3 is 3. The van der Waals surface area contributed by atoms with Gasteiger partial charge in [0.05, 0.1) is 39.6 Å². The number of esters is 1. The molecule has 1 heterocycles. The van der Waals surface area contributed by atoms with Crippen LogP contribution < -0.4 is 19.5 Å². The van der Waals surface area contributed by atoms with E-state index in [-0.39, 0.29) is 48.9 Å². The van der Waals surface area contributed by atoms with Crippen LogP contribution in [-0.2, 0) is 19.1 Å². The second-order valence-corrected chi connectivity index (χ2v) is 10.1. The van der Waals surface area contributed by atoms with Crippen LogP contribution in [0, 0.1) is 0 Å². The van der Waals surface area contributed by atoms with Gasteiger partial charge in [-0.05, 0) is 68.5 Å². The summed E-state index contributed by atoms with van der Waals surface area (Å²) in [6, 6.07) is 10.6. The summed E-state index contributed by atoms with van der Waals surface area (Å²) in [4.78, 5) is 27.3. The molecule has 0 radical (unpaired) electrons. The molecule has 0 fully saturated rings. The van der Waals surface area contributed by atoms with Crippen LogP contribution in [0.3, 0.4) is 0 Å². The standard InChI is InChI=1S/C31H37NO8/c1-17(2)39-11-12-40-31(35)28-18(3)32-22-13-21(19-8-10-25(36-4)27(15-19)38-6)14-24(34)30(22)29(28)20-7-9-23(33)26(16-20)37-5/h7-10,15-17,21,29,32-33H,11-14H2,1-6H3/t21-,29+/m0/s1. The van der Waals surface area contributed by atoms with E-state index in [0.717, 1.165) is 11.3 Å². The number of hydrogen-bond donors (Lipinski definition) is 2. The summed E-state index contributed by atoms with van der Waals surface area (Å²) in [6.07, 6.45) is 0.828. The number of carbonyl (C=O) groups excluding carboxylic acids is 2. The zero-order valence-corrected chi connectivity index (χ0v) is 23.8. The van der Waals surface area contributed by atoms with Crippen molar-refractivity contribution in [3.63, 3.8) is 0 Å². The third kappa shape index (κ3) is 5.94. The van der Waals surface area contributed by atoms with Crippen LogP contribution in [0.1, 0.15) is 56.6 Å². The van der Waals surface area contributed by atoms with Crippen molar-refractivity contribution in [2.24, 2.45) is 0 Å². The van der Waals surface area contributed by atoms with E-state index in [0.29, 0.717) is 40.3 Å². The van der Waals surface area contributed by atoms with Crippen LogP contribution in [0.15, 0.2) is 58.9 Å². The number of hydrogen-bond acceptors (Lipinski definition) is 9. The van der Waals surface area contributed by atoms with Gasteiger partial charge in [-0.15, -0.1) is 0 Å². The number of aromatic hydroxyl groups is 1. The molecule has 0 saturated carbocycles. The predicted molar refractivity (Wildman–Crippen MR) is 149 cm³/mol. The van der Waals surface area contributed by atoms with Crippen LogP contribution in [0.25, 0.3) is 0 Å². The summed E-state index contributed by atoms with van der Waals surface area (Å²) in [6.45, 7) is 5.97. The van der Waals surface area contributed by atoms with Crippen LogP contribution in [0.5, 0.6) is 23.0 Å². The van der Waals surface area contributed by atoms with Gasteiger partial charge >= 0.3 is 5.97 Å². The fourth-order valence-corrected chi connectivity index (χ4v) is 5.36. The van der Waals surface area contributed by atoms with E-state index >= 15 is 0 Å². The molecule has 2 atom stereocenters. The number of rotatable bonds is 10. The fourth-order valence-electron chi connectivity index (χ4n) is 5.36. The Morgan fingerprint density at radius 1 is 0.950 bits per heavy atom. The minimum atomic E-state index is -0.692. The zero-order valence-electron chi connectivity index (χ0n) is 23.8. The Balaban J connectivity index is 1.73. The number of dihydropyridines is 1. The molecule has 0 unspecified atom stereocenters. The molecule has 1 aliphatic carbocycles. The van der Waals surface area contributed by atoms with E-state index in [9.17, 15) is 14.7 Å². The molecule has 1 aliphatic heterocycles. The van der Waals surface area contributed by atoms with Crippen LogP contribution in [0.4, 0.5) is 0 Å². The van der Waals surface area contributed by atoms with E-state index in [4.69, 9.17) is 23.7 Å². The van der Waals surface area contributed by atoms with Gasteiger partial charge < -0.3 is 34.1 Å². The monoisotopic (exact) mass is 551 g/mol. The summed E-state index contributed by atoms with van der Waals surface area (Å²) in [5, 5.41) is 13.6. The highest BCUT2D eigenvalue weighted by Crippen LogP contribution is 2.47. The average Bonchev–Trinajstić information content (AvgIpc) is 2.94. The number of nitrogens with one attached hydrogen (secondary N) is 1. The zero-order chi connectivity index (χ0) is 29.0. The Labute approximate surface area is 234 Å². The molecule has 40 heavy (non-hydrogen) atoms. The van der Waals surface area contributed by atoms with E-state index < -0.39 is 11.9 Å². The van der Waals surface area contributed by atoms with Gasteiger partial charge in [0.1, 0.15) is 6.61 Å². The van der Waals surface area contributed by atoms with Gasteiger partial charge in [-0.3, -0.25) is 4.79 Å². The first-order valence-electron chi connectivity index (χ1n) is 13.3. The number of benzene rings is 2. The SMILES string of the molecule is COc1cc([C@@H]2C(C(=O)OCCOC(C)C)=C(C)NC3=C2C(=O)C[C@@H](c2ccc(OC)c(OC)c2)C3)ccc1O. The number of Topliss-reactive ketones (excluding diaryl/α,β-unsaturated/α-hetero) is 1. The highest BCUT2D eigenvalue weighted by molar-refractivity contribution is 6.04. The molecule has 9 heteroatoms. The van der Waals surface area contributed by atoms with Crippen molar-refractivity contribution in [1.82, 2.24) is 5.32 Å². The van der Waals surface area contributed by atoms with Crippen molar-refractivity contribution in [3.8, 4) is 23.0 Å².